The van der Waals surface area contributed by atoms with E-state index in [1.807, 2.05) is 30.3 Å². The molecule has 23 heavy (non-hydrogen) atoms. The Morgan fingerprint density at radius 2 is 1.74 bits per heavy atom. The summed E-state index contributed by atoms with van der Waals surface area (Å²) in [5.74, 6) is -0.854. The van der Waals surface area contributed by atoms with E-state index < -0.39 is 17.9 Å². The number of aliphatic hydroxyl groups is 1. The zero-order valence-electron chi connectivity index (χ0n) is 12.9. The zero-order valence-corrected chi connectivity index (χ0v) is 12.9. The van der Waals surface area contributed by atoms with E-state index in [1.54, 1.807) is 30.7 Å². The summed E-state index contributed by atoms with van der Waals surface area (Å²) < 4.78 is 0. The van der Waals surface area contributed by atoms with E-state index in [9.17, 15) is 15.0 Å². The highest BCUT2D eigenvalue weighted by atomic mass is 16.3. The number of carbonyl (C=O) groups is 1. The molecule has 2 aromatic carbocycles. The van der Waals surface area contributed by atoms with Crippen LogP contribution < -0.4 is 5.73 Å². The smallest absolute Gasteiger partial charge is 0.220 e. The number of hydrogen-bond donors (Lipinski definition) is 3. The van der Waals surface area contributed by atoms with Crippen LogP contribution >= 0.6 is 0 Å². The normalized spacial score (nSPS) is 13.4. The van der Waals surface area contributed by atoms with E-state index in [1.165, 1.54) is 0 Å². The molecule has 0 fully saturated rings. The van der Waals surface area contributed by atoms with E-state index in [-0.39, 0.29) is 12.2 Å². The summed E-state index contributed by atoms with van der Waals surface area (Å²) >= 11 is 0. The van der Waals surface area contributed by atoms with E-state index in [2.05, 4.69) is 0 Å². The number of benzene rings is 2. The summed E-state index contributed by atoms with van der Waals surface area (Å²) in [5.41, 5.74) is 7.20. The minimum atomic E-state index is -0.724. The first kappa shape index (κ1) is 17.0. The van der Waals surface area contributed by atoms with Crippen LogP contribution in [0.15, 0.2) is 54.6 Å². The predicted molar refractivity (Wildman–Crippen MR) is 89.6 cm³/mol. The third-order valence-electron chi connectivity index (χ3n) is 3.85. The first-order valence-corrected chi connectivity index (χ1v) is 7.67. The van der Waals surface area contributed by atoms with E-state index in [0.29, 0.717) is 18.4 Å². The second kappa shape index (κ2) is 8.34. The molecule has 1 radical (unpaired) electrons. The van der Waals surface area contributed by atoms with Crippen LogP contribution in [0.2, 0.25) is 0 Å². The van der Waals surface area contributed by atoms with Gasteiger partial charge in [-0.15, -0.1) is 0 Å². The van der Waals surface area contributed by atoms with Crippen LogP contribution in [0.5, 0.6) is 5.75 Å². The second-order valence-electron chi connectivity index (χ2n) is 5.66. The van der Waals surface area contributed by atoms with Gasteiger partial charge in [0.2, 0.25) is 5.91 Å². The molecular formula is C19H22NO3. The molecule has 2 atom stereocenters. The number of amides is 1. The lowest BCUT2D eigenvalue weighted by molar-refractivity contribution is -0.122. The first-order chi connectivity index (χ1) is 11.1. The second-order valence-corrected chi connectivity index (χ2v) is 5.66. The lowest BCUT2D eigenvalue weighted by atomic mass is 9.91. The molecule has 4 N–H and O–H groups in total. The van der Waals surface area contributed by atoms with Crippen LogP contribution in [0.3, 0.4) is 0 Å². The summed E-state index contributed by atoms with van der Waals surface area (Å²) in [6.45, 7) is 0. The Bertz CT molecular complexity index is 628. The van der Waals surface area contributed by atoms with Crippen molar-refractivity contribution >= 4 is 5.91 Å². The lowest BCUT2D eigenvalue weighted by Gasteiger charge is -2.18. The number of para-hydroxylation sites is 1. The van der Waals surface area contributed by atoms with Gasteiger partial charge in [-0.1, -0.05) is 48.5 Å². The fraction of sp³-hybridized carbons (Fsp3) is 0.263. The maximum atomic E-state index is 11.6. The molecular weight excluding hydrogens is 290 g/mol. The summed E-state index contributed by atoms with van der Waals surface area (Å²) in [6.07, 6.45) is 2.24. The maximum absolute atomic E-state index is 11.6. The number of nitrogens with two attached hydrogens (primary N) is 1. The number of aromatic hydroxyl groups is 1. The molecule has 0 heterocycles. The molecule has 1 amide bonds. The van der Waals surface area contributed by atoms with Crippen molar-refractivity contribution < 1.29 is 15.0 Å². The first-order valence-electron chi connectivity index (χ1n) is 7.67. The SMILES string of the molecule is NC(=O)C(Cc1ccccc1O)CC(O)[CH]Cc1ccccc1. The molecule has 121 valence electrons. The Kier molecular flexibility index (Phi) is 6.18. The van der Waals surface area contributed by atoms with Crippen molar-refractivity contribution in [2.24, 2.45) is 11.7 Å². The summed E-state index contributed by atoms with van der Waals surface area (Å²) in [7, 11) is 0. The molecule has 2 rings (SSSR count). The highest BCUT2D eigenvalue weighted by Crippen LogP contribution is 2.22. The van der Waals surface area contributed by atoms with Crippen LogP contribution in [0.1, 0.15) is 17.5 Å². The van der Waals surface area contributed by atoms with Crippen molar-refractivity contribution in [1.82, 2.24) is 0 Å². The van der Waals surface area contributed by atoms with Crippen molar-refractivity contribution in [2.45, 2.75) is 25.4 Å². The molecule has 2 aromatic rings. The monoisotopic (exact) mass is 312 g/mol. The molecule has 0 saturated heterocycles. The molecule has 4 heteroatoms. The molecule has 0 aromatic heterocycles. The van der Waals surface area contributed by atoms with Crippen molar-refractivity contribution in [3.8, 4) is 5.75 Å². The highest BCUT2D eigenvalue weighted by molar-refractivity contribution is 5.77. The van der Waals surface area contributed by atoms with Gasteiger partial charge in [-0.2, -0.15) is 0 Å². The molecule has 0 saturated carbocycles. The molecule has 0 spiro atoms. The minimum absolute atomic E-state index is 0.140. The van der Waals surface area contributed by atoms with Crippen molar-refractivity contribution in [3.63, 3.8) is 0 Å². The summed E-state index contributed by atoms with van der Waals surface area (Å²) in [4.78, 5) is 11.6. The number of rotatable bonds is 8. The lowest BCUT2D eigenvalue weighted by Crippen LogP contribution is -2.29. The Balaban J connectivity index is 1.91. The standard InChI is InChI=1S/C19H22NO3/c20-19(23)16(12-15-8-4-5-9-18(15)22)13-17(21)11-10-14-6-2-1-3-7-14/h1-9,11,16-17,21-22H,10,12-13H2,(H2,20,23). The number of primary amides is 1. The van der Waals surface area contributed by atoms with Crippen LogP contribution in [-0.2, 0) is 17.6 Å². The highest BCUT2D eigenvalue weighted by Gasteiger charge is 2.21. The molecule has 2 unspecified atom stereocenters. The van der Waals surface area contributed by atoms with Gasteiger partial charge in [-0.25, -0.2) is 0 Å². The van der Waals surface area contributed by atoms with Gasteiger partial charge in [0.15, 0.2) is 0 Å². The van der Waals surface area contributed by atoms with Gasteiger partial charge >= 0.3 is 0 Å². The number of phenols is 1. The van der Waals surface area contributed by atoms with E-state index in [4.69, 9.17) is 5.73 Å². The van der Waals surface area contributed by atoms with Crippen LogP contribution in [0, 0.1) is 12.3 Å². The Labute approximate surface area is 136 Å². The van der Waals surface area contributed by atoms with Crippen molar-refractivity contribution in [1.29, 1.82) is 0 Å². The molecule has 0 bridgehead atoms. The number of aliphatic hydroxyl groups excluding tert-OH is 1. The van der Waals surface area contributed by atoms with Crippen molar-refractivity contribution in [2.75, 3.05) is 0 Å². The fourth-order valence-corrected chi connectivity index (χ4v) is 2.52. The predicted octanol–water partition coefficient (Wildman–Crippen LogP) is 2.23. The van der Waals surface area contributed by atoms with Gasteiger partial charge < -0.3 is 15.9 Å². The quantitative estimate of drug-likeness (QED) is 0.699. The molecule has 0 aliphatic rings. The Hall–Kier alpha value is -2.33. The number of hydrogen-bond acceptors (Lipinski definition) is 3. The average Bonchev–Trinajstić information content (AvgIpc) is 2.55. The zero-order chi connectivity index (χ0) is 16.7. The Morgan fingerprint density at radius 1 is 1.09 bits per heavy atom. The number of carbonyl (C=O) groups excluding carboxylic acids is 1. The van der Waals surface area contributed by atoms with Gasteiger partial charge in [0, 0.05) is 5.92 Å². The van der Waals surface area contributed by atoms with Crippen molar-refractivity contribution in [3.05, 3.63) is 72.1 Å². The Morgan fingerprint density at radius 3 is 2.39 bits per heavy atom. The van der Waals surface area contributed by atoms with Crippen LogP contribution in [0.25, 0.3) is 0 Å². The topological polar surface area (TPSA) is 83.6 Å². The van der Waals surface area contributed by atoms with Gasteiger partial charge in [-0.3, -0.25) is 4.79 Å². The average molecular weight is 312 g/mol. The van der Waals surface area contributed by atoms with Crippen LogP contribution in [0.4, 0.5) is 0 Å². The third-order valence-corrected chi connectivity index (χ3v) is 3.85. The molecule has 0 aliphatic carbocycles. The third kappa shape index (κ3) is 5.42. The van der Waals surface area contributed by atoms with E-state index in [0.717, 1.165) is 5.56 Å². The maximum Gasteiger partial charge on any atom is 0.220 e. The molecule has 0 aliphatic heterocycles. The van der Waals surface area contributed by atoms with Gasteiger partial charge in [-0.05, 0) is 42.9 Å². The van der Waals surface area contributed by atoms with Gasteiger partial charge in [0.05, 0.1) is 6.10 Å². The van der Waals surface area contributed by atoms with Gasteiger partial charge in [0.25, 0.3) is 0 Å². The summed E-state index contributed by atoms with van der Waals surface area (Å²) in [6, 6.07) is 16.6. The minimum Gasteiger partial charge on any atom is -0.508 e. The fourth-order valence-electron chi connectivity index (χ4n) is 2.52. The van der Waals surface area contributed by atoms with E-state index >= 15 is 0 Å². The largest absolute Gasteiger partial charge is 0.508 e. The summed E-state index contributed by atoms with van der Waals surface area (Å²) in [5, 5.41) is 20.0. The number of phenolic OH excluding ortho intramolecular Hbond substituents is 1. The van der Waals surface area contributed by atoms with Gasteiger partial charge in [0.1, 0.15) is 5.75 Å². The molecule has 4 nitrogen and oxygen atoms in total. The van der Waals surface area contributed by atoms with Crippen LogP contribution in [-0.4, -0.2) is 22.2 Å².